The quantitative estimate of drug-likeness (QED) is 0.718. The van der Waals surface area contributed by atoms with Gasteiger partial charge in [0.25, 0.3) is 5.91 Å². The Morgan fingerprint density at radius 1 is 1.00 bits per heavy atom. The van der Waals surface area contributed by atoms with Crippen LogP contribution < -0.4 is 15.8 Å². The van der Waals surface area contributed by atoms with E-state index < -0.39 is 5.91 Å². The molecule has 5 heteroatoms. The van der Waals surface area contributed by atoms with Crippen molar-refractivity contribution in [2.24, 2.45) is 5.73 Å². The fourth-order valence-electron chi connectivity index (χ4n) is 2.71. The molecule has 5 nitrogen and oxygen atoms in total. The van der Waals surface area contributed by atoms with E-state index >= 15 is 0 Å². The third-order valence-electron chi connectivity index (χ3n) is 4.16. The van der Waals surface area contributed by atoms with Gasteiger partial charge in [0.2, 0.25) is 5.91 Å². The summed E-state index contributed by atoms with van der Waals surface area (Å²) in [6.45, 7) is 1.83. The summed E-state index contributed by atoms with van der Waals surface area (Å²) >= 11 is 0. The molecule has 1 atom stereocenters. The summed E-state index contributed by atoms with van der Waals surface area (Å²) in [6, 6.07) is 20.4. The van der Waals surface area contributed by atoms with Crippen LogP contribution in [0.25, 0.3) is 10.8 Å². The monoisotopic (exact) mass is 348 g/mol. The molecule has 0 saturated carbocycles. The minimum absolute atomic E-state index is 0.103. The van der Waals surface area contributed by atoms with Gasteiger partial charge in [-0.2, -0.15) is 0 Å². The van der Waals surface area contributed by atoms with Gasteiger partial charge in [0.15, 0.2) is 6.61 Å². The Balaban J connectivity index is 1.57. The van der Waals surface area contributed by atoms with Crippen LogP contribution in [0.4, 0.5) is 0 Å². The van der Waals surface area contributed by atoms with Crippen molar-refractivity contribution in [1.82, 2.24) is 5.32 Å². The molecule has 0 aliphatic heterocycles. The highest BCUT2D eigenvalue weighted by atomic mass is 16.5. The van der Waals surface area contributed by atoms with E-state index in [0.717, 1.165) is 16.3 Å². The Morgan fingerprint density at radius 2 is 1.69 bits per heavy atom. The fraction of sp³-hybridized carbons (Fsp3) is 0.143. The molecule has 3 rings (SSSR count). The number of primary amides is 1. The van der Waals surface area contributed by atoms with E-state index in [1.807, 2.05) is 37.3 Å². The summed E-state index contributed by atoms with van der Waals surface area (Å²) in [5.41, 5.74) is 6.61. The maximum atomic E-state index is 12.1. The molecule has 0 aromatic heterocycles. The minimum atomic E-state index is -0.501. The molecule has 1 unspecified atom stereocenters. The summed E-state index contributed by atoms with van der Waals surface area (Å²) < 4.78 is 5.45. The predicted molar refractivity (Wildman–Crippen MR) is 101 cm³/mol. The van der Waals surface area contributed by atoms with Crippen LogP contribution in [-0.4, -0.2) is 18.4 Å². The lowest BCUT2D eigenvalue weighted by Gasteiger charge is -2.15. The number of carbonyl (C=O) groups excluding carboxylic acids is 2. The Bertz CT molecular complexity index is 935. The lowest BCUT2D eigenvalue weighted by Crippen LogP contribution is -2.31. The molecule has 3 aromatic carbocycles. The average Bonchev–Trinajstić information content (AvgIpc) is 2.66. The first-order chi connectivity index (χ1) is 12.5. The smallest absolute Gasteiger partial charge is 0.258 e. The van der Waals surface area contributed by atoms with Crippen LogP contribution in [0.5, 0.6) is 5.75 Å². The summed E-state index contributed by atoms with van der Waals surface area (Å²) in [5, 5.41) is 5.22. The van der Waals surface area contributed by atoms with Gasteiger partial charge in [-0.25, -0.2) is 0 Å². The van der Waals surface area contributed by atoms with Gasteiger partial charge in [-0.3, -0.25) is 9.59 Å². The van der Waals surface area contributed by atoms with E-state index in [1.54, 1.807) is 24.3 Å². The molecule has 0 radical (unpaired) electrons. The summed E-state index contributed by atoms with van der Waals surface area (Å²) in [5.74, 6) is -0.216. The molecular weight excluding hydrogens is 328 g/mol. The van der Waals surface area contributed by atoms with Crippen molar-refractivity contribution in [3.8, 4) is 5.75 Å². The highest BCUT2D eigenvalue weighted by molar-refractivity contribution is 5.92. The van der Waals surface area contributed by atoms with Crippen LogP contribution >= 0.6 is 0 Å². The van der Waals surface area contributed by atoms with Gasteiger partial charge in [-0.05, 0) is 53.6 Å². The molecule has 0 fully saturated rings. The van der Waals surface area contributed by atoms with Crippen molar-refractivity contribution >= 4 is 22.6 Å². The molecular formula is C21H20N2O3. The van der Waals surface area contributed by atoms with Crippen LogP contribution in [0.3, 0.4) is 0 Å². The second-order valence-electron chi connectivity index (χ2n) is 6.07. The highest BCUT2D eigenvalue weighted by Crippen LogP contribution is 2.20. The number of ether oxygens (including phenoxy) is 1. The standard InChI is InChI=1S/C21H20N2O3/c1-14(17-7-6-15-4-2-3-5-18(15)12-17)23-20(24)13-26-19-10-8-16(9-11-19)21(22)25/h2-12,14H,13H2,1H3,(H2,22,25)(H,23,24). The molecule has 0 saturated heterocycles. The second kappa shape index (κ2) is 7.70. The van der Waals surface area contributed by atoms with E-state index in [9.17, 15) is 9.59 Å². The number of carbonyl (C=O) groups is 2. The number of hydrogen-bond acceptors (Lipinski definition) is 3. The van der Waals surface area contributed by atoms with Crippen molar-refractivity contribution in [3.05, 3.63) is 77.9 Å². The number of benzene rings is 3. The van der Waals surface area contributed by atoms with Crippen LogP contribution in [0.2, 0.25) is 0 Å². The molecule has 0 aliphatic rings. The van der Waals surface area contributed by atoms with E-state index in [1.165, 1.54) is 0 Å². The van der Waals surface area contributed by atoms with Gasteiger partial charge in [0.1, 0.15) is 5.75 Å². The number of amides is 2. The molecule has 3 aromatic rings. The van der Waals surface area contributed by atoms with Gasteiger partial charge in [0.05, 0.1) is 6.04 Å². The first kappa shape index (κ1) is 17.5. The molecule has 0 spiro atoms. The zero-order chi connectivity index (χ0) is 18.5. The Hall–Kier alpha value is -3.34. The maximum Gasteiger partial charge on any atom is 0.258 e. The minimum Gasteiger partial charge on any atom is -0.484 e. The normalized spacial score (nSPS) is 11.7. The van der Waals surface area contributed by atoms with Crippen molar-refractivity contribution < 1.29 is 14.3 Å². The third kappa shape index (κ3) is 4.19. The van der Waals surface area contributed by atoms with E-state index in [-0.39, 0.29) is 18.6 Å². The Labute approximate surface area is 151 Å². The van der Waals surface area contributed by atoms with Gasteiger partial charge in [-0.1, -0.05) is 36.4 Å². The van der Waals surface area contributed by atoms with Crippen molar-refractivity contribution in [2.75, 3.05) is 6.61 Å². The van der Waals surface area contributed by atoms with Crippen molar-refractivity contribution in [2.45, 2.75) is 13.0 Å². The lowest BCUT2D eigenvalue weighted by molar-refractivity contribution is -0.123. The van der Waals surface area contributed by atoms with Crippen LogP contribution in [0, 0.1) is 0 Å². The topological polar surface area (TPSA) is 81.4 Å². The van der Waals surface area contributed by atoms with Crippen molar-refractivity contribution in [3.63, 3.8) is 0 Å². The first-order valence-corrected chi connectivity index (χ1v) is 8.33. The van der Waals surface area contributed by atoms with Crippen LogP contribution in [-0.2, 0) is 4.79 Å². The largest absolute Gasteiger partial charge is 0.484 e. The molecule has 26 heavy (non-hydrogen) atoms. The summed E-state index contributed by atoms with van der Waals surface area (Å²) in [6.07, 6.45) is 0. The van der Waals surface area contributed by atoms with Gasteiger partial charge >= 0.3 is 0 Å². The molecule has 0 heterocycles. The number of rotatable bonds is 6. The average molecular weight is 348 g/mol. The van der Waals surface area contributed by atoms with Gasteiger partial charge in [0, 0.05) is 5.56 Å². The SMILES string of the molecule is CC(NC(=O)COc1ccc(C(N)=O)cc1)c1ccc2ccccc2c1. The Morgan fingerprint density at radius 3 is 2.38 bits per heavy atom. The number of nitrogens with two attached hydrogens (primary N) is 1. The van der Waals surface area contributed by atoms with Crippen molar-refractivity contribution in [1.29, 1.82) is 0 Å². The fourth-order valence-corrected chi connectivity index (χ4v) is 2.71. The van der Waals surface area contributed by atoms with Crippen LogP contribution in [0.15, 0.2) is 66.7 Å². The van der Waals surface area contributed by atoms with E-state index in [4.69, 9.17) is 10.5 Å². The first-order valence-electron chi connectivity index (χ1n) is 8.33. The predicted octanol–water partition coefficient (Wildman–Crippen LogP) is 3.19. The second-order valence-corrected chi connectivity index (χ2v) is 6.07. The summed E-state index contributed by atoms with van der Waals surface area (Å²) in [7, 11) is 0. The number of nitrogens with one attached hydrogen (secondary N) is 1. The summed E-state index contributed by atoms with van der Waals surface area (Å²) in [4.78, 5) is 23.2. The molecule has 0 aliphatic carbocycles. The number of fused-ring (bicyclic) bond motifs is 1. The van der Waals surface area contributed by atoms with Gasteiger partial charge in [-0.15, -0.1) is 0 Å². The molecule has 2 amide bonds. The lowest BCUT2D eigenvalue weighted by atomic mass is 10.0. The molecule has 132 valence electrons. The maximum absolute atomic E-state index is 12.1. The van der Waals surface area contributed by atoms with Gasteiger partial charge < -0.3 is 15.8 Å². The Kier molecular flexibility index (Phi) is 5.17. The van der Waals surface area contributed by atoms with Crippen LogP contribution in [0.1, 0.15) is 28.9 Å². The molecule has 3 N–H and O–H groups in total. The van der Waals surface area contributed by atoms with E-state index in [0.29, 0.717) is 11.3 Å². The highest BCUT2D eigenvalue weighted by Gasteiger charge is 2.11. The zero-order valence-electron chi connectivity index (χ0n) is 14.4. The third-order valence-corrected chi connectivity index (χ3v) is 4.16. The number of hydrogen-bond donors (Lipinski definition) is 2. The van der Waals surface area contributed by atoms with E-state index in [2.05, 4.69) is 17.4 Å². The molecule has 0 bridgehead atoms. The zero-order valence-corrected chi connectivity index (χ0v) is 14.4.